The van der Waals surface area contributed by atoms with Crippen LogP contribution in [0.4, 0.5) is 13.2 Å². The summed E-state index contributed by atoms with van der Waals surface area (Å²) in [6.07, 6.45) is -4.85. The predicted molar refractivity (Wildman–Crippen MR) is 51.6 cm³/mol. The van der Waals surface area contributed by atoms with Crippen molar-refractivity contribution in [3.05, 3.63) is 29.3 Å². The second kappa shape index (κ2) is 4.74. The third-order valence-corrected chi connectivity index (χ3v) is 1.88. The molecule has 0 aliphatic heterocycles. The SMILES string of the molecule is CC(C)Oc1ccc(C[O])cc1C(F)(F)F. The minimum atomic E-state index is -4.50. The molecule has 1 aromatic rings. The summed E-state index contributed by atoms with van der Waals surface area (Å²) in [4.78, 5) is 0. The van der Waals surface area contributed by atoms with Gasteiger partial charge in [-0.1, -0.05) is 6.07 Å². The highest BCUT2D eigenvalue weighted by molar-refractivity contribution is 5.39. The zero-order valence-electron chi connectivity index (χ0n) is 8.97. The first-order valence-electron chi connectivity index (χ1n) is 4.79. The largest absolute Gasteiger partial charge is 0.490 e. The molecule has 0 aliphatic rings. The van der Waals surface area contributed by atoms with E-state index >= 15 is 0 Å². The van der Waals surface area contributed by atoms with Gasteiger partial charge in [0.1, 0.15) is 12.4 Å². The van der Waals surface area contributed by atoms with E-state index in [1.807, 2.05) is 0 Å². The Hall–Kier alpha value is -1.23. The molecule has 16 heavy (non-hydrogen) atoms. The molecule has 0 saturated carbocycles. The number of halogens is 3. The standard InChI is InChI=1S/C11H12F3O2/c1-7(2)16-10-4-3-8(6-15)5-9(10)11(12,13)14/h3-5,7H,6H2,1-2H3. The summed E-state index contributed by atoms with van der Waals surface area (Å²) in [5.41, 5.74) is -0.794. The van der Waals surface area contributed by atoms with Gasteiger partial charge < -0.3 is 4.74 Å². The Morgan fingerprint density at radius 1 is 1.31 bits per heavy atom. The van der Waals surface area contributed by atoms with Crippen molar-refractivity contribution in [2.45, 2.75) is 32.7 Å². The average molecular weight is 233 g/mol. The summed E-state index contributed by atoms with van der Waals surface area (Å²) in [5.74, 6) is -0.236. The van der Waals surface area contributed by atoms with E-state index < -0.39 is 18.3 Å². The Morgan fingerprint density at radius 3 is 2.38 bits per heavy atom. The topological polar surface area (TPSA) is 29.1 Å². The number of ether oxygens (including phenoxy) is 1. The highest BCUT2D eigenvalue weighted by Gasteiger charge is 2.34. The zero-order valence-corrected chi connectivity index (χ0v) is 8.97. The highest BCUT2D eigenvalue weighted by Crippen LogP contribution is 2.37. The first kappa shape index (κ1) is 12.8. The number of alkyl halides is 3. The van der Waals surface area contributed by atoms with Gasteiger partial charge in [-0.2, -0.15) is 13.2 Å². The summed E-state index contributed by atoms with van der Waals surface area (Å²) in [6, 6.07) is 3.38. The molecule has 0 amide bonds. The maximum atomic E-state index is 12.6. The molecule has 1 aromatic carbocycles. The molecular formula is C11H12F3O2. The second-order valence-corrected chi connectivity index (χ2v) is 3.64. The summed E-state index contributed by atoms with van der Waals surface area (Å²) in [5, 5.41) is 10.5. The molecule has 2 nitrogen and oxygen atoms in total. The fraction of sp³-hybridized carbons (Fsp3) is 0.455. The van der Waals surface area contributed by atoms with Crippen LogP contribution in [0.1, 0.15) is 25.0 Å². The first-order chi connectivity index (χ1) is 7.34. The van der Waals surface area contributed by atoms with E-state index in [0.717, 1.165) is 6.07 Å². The molecule has 0 N–H and O–H groups in total. The molecule has 0 bridgehead atoms. The molecule has 0 unspecified atom stereocenters. The van der Waals surface area contributed by atoms with E-state index in [0.29, 0.717) is 0 Å². The quantitative estimate of drug-likeness (QED) is 0.786. The minimum absolute atomic E-state index is 0.100. The van der Waals surface area contributed by atoms with E-state index in [9.17, 15) is 18.3 Å². The molecule has 0 saturated heterocycles. The lowest BCUT2D eigenvalue weighted by Crippen LogP contribution is -2.13. The maximum Gasteiger partial charge on any atom is 0.419 e. The zero-order chi connectivity index (χ0) is 12.3. The molecule has 0 aromatic heterocycles. The van der Waals surface area contributed by atoms with Gasteiger partial charge in [-0.05, 0) is 31.5 Å². The normalized spacial score (nSPS) is 11.9. The molecule has 0 heterocycles. The average Bonchev–Trinajstić information content (AvgIpc) is 2.15. The number of rotatable bonds is 3. The fourth-order valence-corrected chi connectivity index (χ4v) is 1.25. The molecule has 5 heteroatoms. The van der Waals surface area contributed by atoms with Crippen molar-refractivity contribution < 1.29 is 23.0 Å². The first-order valence-corrected chi connectivity index (χ1v) is 4.79. The molecule has 0 aliphatic carbocycles. The molecule has 0 fully saturated rings. The Morgan fingerprint density at radius 2 is 1.94 bits per heavy atom. The lowest BCUT2D eigenvalue weighted by molar-refractivity contribution is -0.139. The van der Waals surface area contributed by atoms with E-state index in [4.69, 9.17) is 4.74 Å². The van der Waals surface area contributed by atoms with Crippen LogP contribution in [-0.2, 0) is 17.9 Å². The Bertz CT molecular complexity index is 359. The van der Waals surface area contributed by atoms with Crippen LogP contribution in [0.2, 0.25) is 0 Å². The molecular weight excluding hydrogens is 221 g/mol. The second-order valence-electron chi connectivity index (χ2n) is 3.64. The van der Waals surface area contributed by atoms with Crippen molar-refractivity contribution in [1.82, 2.24) is 0 Å². The van der Waals surface area contributed by atoms with Crippen LogP contribution in [0.25, 0.3) is 0 Å². The highest BCUT2D eigenvalue weighted by atomic mass is 19.4. The molecule has 0 spiro atoms. The Labute approximate surface area is 91.7 Å². The van der Waals surface area contributed by atoms with Gasteiger partial charge in [0.05, 0.1) is 11.7 Å². The van der Waals surface area contributed by atoms with Gasteiger partial charge >= 0.3 is 6.18 Å². The molecule has 0 atom stereocenters. The third-order valence-electron chi connectivity index (χ3n) is 1.88. The van der Waals surface area contributed by atoms with E-state index in [1.54, 1.807) is 13.8 Å². The van der Waals surface area contributed by atoms with Crippen molar-refractivity contribution in [3.63, 3.8) is 0 Å². The van der Waals surface area contributed by atoms with Gasteiger partial charge in [0, 0.05) is 0 Å². The van der Waals surface area contributed by atoms with E-state index in [-0.39, 0.29) is 17.4 Å². The van der Waals surface area contributed by atoms with Crippen LogP contribution in [0.5, 0.6) is 5.75 Å². The molecule has 1 rings (SSSR count). The third kappa shape index (κ3) is 3.13. The summed E-state index contributed by atoms with van der Waals surface area (Å²) in [6.45, 7) is 2.61. The van der Waals surface area contributed by atoms with Gasteiger partial charge in [-0.3, -0.25) is 0 Å². The van der Waals surface area contributed by atoms with Crippen LogP contribution in [0.3, 0.4) is 0 Å². The Balaban J connectivity index is 3.17. The minimum Gasteiger partial charge on any atom is -0.490 e. The number of benzene rings is 1. The van der Waals surface area contributed by atoms with Gasteiger partial charge in [0.2, 0.25) is 0 Å². The van der Waals surface area contributed by atoms with Crippen LogP contribution < -0.4 is 4.74 Å². The lowest BCUT2D eigenvalue weighted by atomic mass is 10.1. The summed E-state index contributed by atoms with van der Waals surface area (Å²) in [7, 11) is 0. The van der Waals surface area contributed by atoms with Gasteiger partial charge in [-0.25, -0.2) is 5.11 Å². The monoisotopic (exact) mass is 233 g/mol. The van der Waals surface area contributed by atoms with Crippen LogP contribution >= 0.6 is 0 Å². The van der Waals surface area contributed by atoms with Crippen molar-refractivity contribution in [2.24, 2.45) is 0 Å². The van der Waals surface area contributed by atoms with Crippen LogP contribution in [0.15, 0.2) is 18.2 Å². The Kier molecular flexibility index (Phi) is 3.80. The summed E-state index contributed by atoms with van der Waals surface area (Å²) < 4.78 is 42.9. The van der Waals surface area contributed by atoms with Gasteiger partial charge in [0.25, 0.3) is 0 Å². The lowest BCUT2D eigenvalue weighted by Gasteiger charge is -2.16. The predicted octanol–water partition coefficient (Wildman–Crippen LogP) is 3.42. The van der Waals surface area contributed by atoms with Gasteiger partial charge in [0.15, 0.2) is 0 Å². The number of hydrogen-bond acceptors (Lipinski definition) is 1. The van der Waals surface area contributed by atoms with Crippen LogP contribution in [0, 0.1) is 0 Å². The van der Waals surface area contributed by atoms with Crippen LogP contribution in [-0.4, -0.2) is 6.10 Å². The van der Waals surface area contributed by atoms with Crippen molar-refractivity contribution >= 4 is 0 Å². The smallest absolute Gasteiger partial charge is 0.419 e. The van der Waals surface area contributed by atoms with Crippen molar-refractivity contribution in [3.8, 4) is 5.75 Å². The molecule has 89 valence electrons. The van der Waals surface area contributed by atoms with Crippen molar-refractivity contribution in [1.29, 1.82) is 0 Å². The fourth-order valence-electron chi connectivity index (χ4n) is 1.25. The molecule has 1 radical (unpaired) electrons. The maximum absolute atomic E-state index is 12.6. The van der Waals surface area contributed by atoms with E-state index in [2.05, 4.69) is 0 Å². The number of hydrogen-bond donors (Lipinski definition) is 0. The summed E-state index contributed by atoms with van der Waals surface area (Å²) >= 11 is 0. The van der Waals surface area contributed by atoms with Crippen molar-refractivity contribution in [2.75, 3.05) is 0 Å². The van der Waals surface area contributed by atoms with Gasteiger partial charge in [-0.15, -0.1) is 0 Å². The van der Waals surface area contributed by atoms with E-state index in [1.165, 1.54) is 12.1 Å².